The van der Waals surface area contributed by atoms with Gasteiger partial charge in [0.05, 0.1) is 27.5 Å². The highest BCUT2D eigenvalue weighted by Gasteiger charge is 2.25. The normalized spacial score (nSPS) is 13.8. The number of benzene rings is 1. The van der Waals surface area contributed by atoms with Gasteiger partial charge in [-0.15, -0.1) is 11.3 Å². The van der Waals surface area contributed by atoms with Gasteiger partial charge < -0.3 is 10.3 Å². The number of carbonyl (C=O) groups is 1. The molecule has 0 bridgehead atoms. The second kappa shape index (κ2) is 8.42. The van der Waals surface area contributed by atoms with Crippen molar-refractivity contribution >= 4 is 44.9 Å². The number of thiophene rings is 1. The SMILES string of the molecule is O=C(Nc1cccc(-c2ccc3[nH]nc(-c4cc5c(-c6cccs6)nccc5[nH]4)c3n2)c1)C1CCC1. The molecular formula is C28H22N6OS. The molecule has 176 valence electrons. The largest absolute Gasteiger partial charge is 0.353 e. The molecule has 1 aliphatic carbocycles. The summed E-state index contributed by atoms with van der Waals surface area (Å²) in [6, 6.07) is 20.0. The van der Waals surface area contributed by atoms with E-state index in [2.05, 4.69) is 43.0 Å². The number of aromatic amines is 2. The summed E-state index contributed by atoms with van der Waals surface area (Å²) >= 11 is 1.67. The molecule has 5 heterocycles. The third kappa shape index (κ3) is 3.58. The Bertz CT molecular complexity index is 1730. The number of nitrogens with one attached hydrogen (secondary N) is 3. The zero-order chi connectivity index (χ0) is 24.1. The standard InChI is InChI=1S/C28H22N6OS/c35-28(16-4-1-5-16)30-18-7-2-6-17(14-18)20-9-10-22-26(32-20)27(34-33-22)23-15-19-21(31-23)11-12-29-25(19)24-8-3-13-36-24/h2-3,6-16,31H,1,4-5H2,(H,30,35)(H,33,34). The number of H-pyrrole nitrogens is 2. The number of hydrogen-bond acceptors (Lipinski definition) is 5. The van der Waals surface area contributed by atoms with Crippen molar-refractivity contribution in [3.63, 3.8) is 0 Å². The van der Waals surface area contributed by atoms with Gasteiger partial charge in [0.2, 0.25) is 5.91 Å². The van der Waals surface area contributed by atoms with Gasteiger partial charge in [0, 0.05) is 34.3 Å². The van der Waals surface area contributed by atoms with Crippen LogP contribution in [0.4, 0.5) is 5.69 Å². The smallest absolute Gasteiger partial charge is 0.227 e. The number of amides is 1. The van der Waals surface area contributed by atoms with Crippen LogP contribution in [0.15, 0.2) is 72.2 Å². The second-order valence-electron chi connectivity index (χ2n) is 9.14. The fraction of sp³-hybridized carbons (Fsp3) is 0.143. The molecule has 1 aromatic carbocycles. The van der Waals surface area contributed by atoms with Crippen LogP contribution in [-0.4, -0.2) is 31.1 Å². The average molecular weight is 491 g/mol. The molecular weight excluding hydrogens is 468 g/mol. The lowest BCUT2D eigenvalue weighted by Gasteiger charge is -2.24. The van der Waals surface area contributed by atoms with Crippen LogP contribution in [0.5, 0.6) is 0 Å². The summed E-state index contributed by atoms with van der Waals surface area (Å²) in [4.78, 5) is 26.6. The molecule has 0 saturated heterocycles. The monoisotopic (exact) mass is 490 g/mol. The summed E-state index contributed by atoms with van der Waals surface area (Å²) in [5.74, 6) is 0.248. The maximum Gasteiger partial charge on any atom is 0.227 e. The third-order valence-electron chi connectivity index (χ3n) is 6.87. The van der Waals surface area contributed by atoms with Crippen molar-refractivity contribution in [2.75, 3.05) is 5.32 Å². The molecule has 0 atom stereocenters. The molecule has 0 radical (unpaired) electrons. The van der Waals surface area contributed by atoms with Crippen molar-refractivity contribution in [3.8, 4) is 33.2 Å². The number of aromatic nitrogens is 5. The number of nitrogens with zero attached hydrogens (tertiary/aromatic N) is 3. The van der Waals surface area contributed by atoms with Gasteiger partial charge in [-0.2, -0.15) is 5.10 Å². The van der Waals surface area contributed by atoms with Crippen LogP contribution in [0.3, 0.4) is 0 Å². The van der Waals surface area contributed by atoms with E-state index in [1.807, 2.05) is 54.7 Å². The Hall–Kier alpha value is -4.30. The minimum atomic E-state index is 0.106. The van der Waals surface area contributed by atoms with Crippen LogP contribution < -0.4 is 5.32 Å². The minimum Gasteiger partial charge on any atom is -0.353 e. The molecule has 5 aromatic heterocycles. The molecule has 7 nitrogen and oxygen atoms in total. The molecule has 7 rings (SSSR count). The summed E-state index contributed by atoms with van der Waals surface area (Å²) in [7, 11) is 0. The van der Waals surface area contributed by atoms with Gasteiger partial charge in [-0.05, 0) is 60.7 Å². The lowest BCUT2D eigenvalue weighted by molar-refractivity contribution is -0.122. The van der Waals surface area contributed by atoms with Gasteiger partial charge >= 0.3 is 0 Å². The van der Waals surface area contributed by atoms with Gasteiger partial charge in [0.15, 0.2) is 0 Å². The van der Waals surface area contributed by atoms with Crippen LogP contribution in [0, 0.1) is 5.92 Å². The number of carbonyl (C=O) groups excluding carboxylic acids is 1. The molecule has 6 aromatic rings. The molecule has 1 amide bonds. The quantitative estimate of drug-likeness (QED) is 0.252. The minimum absolute atomic E-state index is 0.106. The highest BCUT2D eigenvalue weighted by molar-refractivity contribution is 7.13. The fourth-order valence-corrected chi connectivity index (χ4v) is 5.44. The molecule has 36 heavy (non-hydrogen) atoms. The molecule has 0 aliphatic heterocycles. The van der Waals surface area contributed by atoms with E-state index in [9.17, 15) is 4.79 Å². The lowest BCUT2D eigenvalue weighted by atomic mass is 9.85. The summed E-state index contributed by atoms with van der Waals surface area (Å²) < 4.78 is 0. The van der Waals surface area contributed by atoms with E-state index in [0.717, 1.165) is 80.1 Å². The molecule has 8 heteroatoms. The first-order valence-electron chi connectivity index (χ1n) is 12.0. The van der Waals surface area contributed by atoms with Gasteiger partial charge in [-0.1, -0.05) is 24.6 Å². The zero-order valence-electron chi connectivity index (χ0n) is 19.3. The molecule has 3 N–H and O–H groups in total. The first-order valence-corrected chi connectivity index (χ1v) is 12.9. The van der Waals surface area contributed by atoms with E-state index in [0.29, 0.717) is 0 Å². The van der Waals surface area contributed by atoms with Crippen molar-refractivity contribution in [3.05, 3.63) is 72.2 Å². The Balaban J connectivity index is 1.26. The van der Waals surface area contributed by atoms with E-state index in [1.54, 1.807) is 11.3 Å². The topological polar surface area (TPSA) is 99.4 Å². The number of hydrogen-bond donors (Lipinski definition) is 3. The number of anilines is 1. The Kier molecular flexibility index (Phi) is 4.92. The van der Waals surface area contributed by atoms with Gasteiger partial charge in [0.25, 0.3) is 0 Å². The highest BCUT2D eigenvalue weighted by atomic mass is 32.1. The van der Waals surface area contributed by atoms with E-state index in [4.69, 9.17) is 4.98 Å². The van der Waals surface area contributed by atoms with Crippen LogP contribution in [0.1, 0.15) is 19.3 Å². The van der Waals surface area contributed by atoms with Crippen molar-refractivity contribution in [1.29, 1.82) is 0 Å². The first kappa shape index (κ1) is 21.0. The predicted molar refractivity (Wildman–Crippen MR) is 144 cm³/mol. The van der Waals surface area contributed by atoms with Gasteiger partial charge in [0.1, 0.15) is 11.2 Å². The Morgan fingerprint density at radius 1 is 1.00 bits per heavy atom. The van der Waals surface area contributed by atoms with Crippen LogP contribution >= 0.6 is 11.3 Å². The Morgan fingerprint density at radius 2 is 1.94 bits per heavy atom. The van der Waals surface area contributed by atoms with E-state index in [-0.39, 0.29) is 11.8 Å². The number of rotatable bonds is 5. The summed E-state index contributed by atoms with van der Waals surface area (Å²) in [5.41, 5.74) is 7.81. The third-order valence-corrected chi connectivity index (χ3v) is 7.74. The lowest BCUT2D eigenvalue weighted by Crippen LogP contribution is -2.27. The molecule has 0 spiro atoms. The zero-order valence-corrected chi connectivity index (χ0v) is 20.1. The van der Waals surface area contributed by atoms with Crippen LogP contribution in [0.25, 0.3) is 55.2 Å². The number of fused-ring (bicyclic) bond motifs is 2. The molecule has 1 aliphatic rings. The average Bonchev–Trinajstić information content (AvgIpc) is 3.61. The van der Waals surface area contributed by atoms with Gasteiger partial charge in [-0.3, -0.25) is 14.9 Å². The highest BCUT2D eigenvalue weighted by Crippen LogP contribution is 2.35. The molecule has 0 unspecified atom stereocenters. The van der Waals surface area contributed by atoms with Crippen molar-refractivity contribution in [2.45, 2.75) is 19.3 Å². The van der Waals surface area contributed by atoms with Crippen molar-refractivity contribution in [1.82, 2.24) is 25.1 Å². The Morgan fingerprint density at radius 3 is 2.78 bits per heavy atom. The molecule has 1 saturated carbocycles. The summed E-state index contributed by atoms with van der Waals surface area (Å²) in [5, 5.41) is 13.9. The van der Waals surface area contributed by atoms with Crippen molar-refractivity contribution in [2.24, 2.45) is 5.92 Å². The Labute approximate surface area is 210 Å². The van der Waals surface area contributed by atoms with Crippen LogP contribution in [-0.2, 0) is 4.79 Å². The van der Waals surface area contributed by atoms with E-state index in [1.165, 1.54) is 0 Å². The number of pyridine rings is 2. The summed E-state index contributed by atoms with van der Waals surface area (Å²) in [6.07, 6.45) is 4.92. The van der Waals surface area contributed by atoms with Crippen molar-refractivity contribution < 1.29 is 4.79 Å². The summed E-state index contributed by atoms with van der Waals surface area (Å²) in [6.45, 7) is 0. The predicted octanol–water partition coefficient (Wildman–Crippen LogP) is 6.64. The fourth-order valence-electron chi connectivity index (χ4n) is 4.71. The van der Waals surface area contributed by atoms with E-state index < -0.39 is 0 Å². The van der Waals surface area contributed by atoms with Crippen LogP contribution in [0.2, 0.25) is 0 Å². The second-order valence-corrected chi connectivity index (χ2v) is 10.1. The first-order chi connectivity index (χ1) is 17.7. The molecule has 1 fully saturated rings. The van der Waals surface area contributed by atoms with E-state index >= 15 is 0 Å². The van der Waals surface area contributed by atoms with Gasteiger partial charge in [-0.25, -0.2) is 4.98 Å². The maximum absolute atomic E-state index is 12.4. The maximum atomic E-state index is 12.4.